The number of β-amino-alcohol motifs (C(OH)–C–C–N with tert-alkyl or cyclic N) is 1. The lowest BCUT2D eigenvalue weighted by Gasteiger charge is -2.34. The van der Waals surface area contributed by atoms with Gasteiger partial charge in [0.2, 0.25) is 23.6 Å². The second-order valence-corrected chi connectivity index (χ2v) is 25.0. The number of aliphatic hydroxyl groups is 2. The van der Waals surface area contributed by atoms with Crippen LogP contribution in [0.1, 0.15) is 154 Å². The molecular formula is C55H97N11O20P2. The van der Waals surface area contributed by atoms with E-state index < -0.39 is 65.0 Å². The number of phosphoric acid groups is 2. The summed E-state index contributed by atoms with van der Waals surface area (Å²) in [5.74, 6) is -0.860. The largest absolute Gasteiger partial charge is 0.472 e. The van der Waals surface area contributed by atoms with Crippen molar-refractivity contribution in [3.63, 3.8) is 0 Å². The first kappa shape index (κ1) is 75.9. The van der Waals surface area contributed by atoms with Crippen LogP contribution in [-0.2, 0) is 74.9 Å². The molecule has 0 spiro atoms. The highest BCUT2D eigenvalue weighted by Gasteiger charge is 2.45. The molecular weight excluding hydrogens is 1200 g/mol. The summed E-state index contributed by atoms with van der Waals surface area (Å²) in [6.45, 7) is 0.413. The molecule has 13 N–H and O–H groups in total. The Morgan fingerprint density at radius 2 is 1.25 bits per heavy atom. The Bertz CT molecular complexity index is 2490. The standard InChI is InChI=1S/C55H97N11O20P2/c1-79-87(75,76)84-35-46-45(32-51(85-46)66-40-63-52-53(58)61-39-62-54(52)66)86-88(77,78)83-34-41-31-44(70)33-65(41)50(74)19-7-5-3-2-4-6-18-49(73)64-55(36-80-28-20-43(69)15-8-11-23-56,38-82-30-22-48(72)60-26-14-24-57)37-81-29-21-47(71)59-25-12-9-16-42(68)17-10-13-27-67/h39-41,44-46,51,67,70H,2-38,56-57H2,1H3,(H,59,71)(H,60,72)(H,64,73)(H,75,76)(H,77,78)(H2,58,61,62)/t41-,44+,45-,46+,51+,55?/m0/s1. The van der Waals surface area contributed by atoms with Crippen molar-refractivity contribution in [2.75, 3.05) is 105 Å². The van der Waals surface area contributed by atoms with Gasteiger partial charge in [-0.2, -0.15) is 0 Å². The fraction of sp³-hybridized carbons (Fsp3) is 0.800. The van der Waals surface area contributed by atoms with Crippen molar-refractivity contribution in [2.45, 2.75) is 184 Å². The maximum absolute atomic E-state index is 13.7. The van der Waals surface area contributed by atoms with E-state index in [0.29, 0.717) is 110 Å². The number of aliphatic hydroxyl groups excluding tert-OH is 2. The van der Waals surface area contributed by atoms with E-state index in [1.165, 1.54) is 22.1 Å². The number of imidazole rings is 1. The smallest absolute Gasteiger partial charge is 0.396 e. The number of nitrogen functional groups attached to an aromatic ring is 1. The number of nitrogens with zero attached hydrogens (tertiary/aromatic N) is 5. The number of amides is 4. The monoisotopic (exact) mass is 1290 g/mol. The van der Waals surface area contributed by atoms with Crippen molar-refractivity contribution in [2.24, 2.45) is 11.5 Å². The highest BCUT2D eigenvalue weighted by molar-refractivity contribution is 7.47. The van der Waals surface area contributed by atoms with Crippen LogP contribution in [0.2, 0.25) is 0 Å². The predicted octanol–water partition coefficient (Wildman–Crippen LogP) is 2.30. The maximum Gasteiger partial charge on any atom is 0.472 e. The van der Waals surface area contributed by atoms with Crippen LogP contribution >= 0.6 is 15.6 Å². The Balaban J connectivity index is 1.26. The van der Waals surface area contributed by atoms with E-state index >= 15 is 0 Å². The zero-order chi connectivity index (χ0) is 64.2. The highest BCUT2D eigenvalue weighted by Crippen LogP contribution is 2.50. The topological polar surface area (TPSA) is 452 Å². The van der Waals surface area contributed by atoms with Gasteiger partial charge >= 0.3 is 15.6 Å². The third kappa shape index (κ3) is 29.6. The van der Waals surface area contributed by atoms with Crippen LogP contribution in [0.25, 0.3) is 11.2 Å². The van der Waals surface area contributed by atoms with Crippen LogP contribution in [0, 0.1) is 0 Å². The number of phosphoric ester groups is 2. The molecule has 2 aliphatic heterocycles. The number of hydrogen-bond acceptors (Lipinski definition) is 24. The van der Waals surface area contributed by atoms with Crippen LogP contribution in [0.15, 0.2) is 12.7 Å². The van der Waals surface area contributed by atoms with Gasteiger partial charge in [-0.05, 0) is 77.3 Å². The molecule has 0 saturated carbocycles. The first-order valence-corrected chi connectivity index (χ1v) is 33.6. The molecule has 2 aromatic heterocycles. The molecule has 2 aromatic rings. The Labute approximate surface area is 514 Å². The zero-order valence-corrected chi connectivity index (χ0v) is 52.7. The first-order valence-electron chi connectivity index (χ1n) is 30.6. The van der Waals surface area contributed by atoms with E-state index in [1.54, 1.807) is 0 Å². The molecule has 2 saturated heterocycles. The predicted molar refractivity (Wildman–Crippen MR) is 319 cm³/mol. The van der Waals surface area contributed by atoms with Gasteiger partial charge in [0, 0.05) is 91.1 Å². The minimum Gasteiger partial charge on any atom is -0.396 e. The van der Waals surface area contributed by atoms with E-state index in [9.17, 15) is 52.8 Å². The lowest BCUT2D eigenvalue weighted by atomic mass is 10.0. The Hall–Kier alpha value is -4.53. The number of unbranched alkanes of at least 4 members (excludes halogenated alkanes) is 8. The number of hydrogen-bond donors (Lipinski definition) is 10. The number of Topliss-reactive ketones (excluding diaryl/α,β-unsaturated/α-hetero) is 2. The maximum atomic E-state index is 13.7. The lowest BCUT2D eigenvalue weighted by molar-refractivity contribution is -0.133. The summed E-state index contributed by atoms with van der Waals surface area (Å²) >= 11 is 0. The molecule has 8 atom stereocenters. The van der Waals surface area contributed by atoms with Gasteiger partial charge in [0.15, 0.2) is 11.5 Å². The molecule has 31 nitrogen and oxygen atoms in total. The van der Waals surface area contributed by atoms with E-state index in [2.05, 4.69) is 35.4 Å². The second kappa shape index (κ2) is 41.8. The Kier molecular flexibility index (Phi) is 36.0. The van der Waals surface area contributed by atoms with Gasteiger partial charge in [-0.25, -0.2) is 24.1 Å². The van der Waals surface area contributed by atoms with Crippen LogP contribution < -0.4 is 33.2 Å². The first-order chi connectivity index (χ1) is 42.2. The molecule has 502 valence electrons. The summed E-state index contributed by atoms with van der Waals surface area (Å²) in [6.07, 6.45) is 8.32. The number of nitrogens with one attached hydrogen (secondary N) is 3. The molecule has 88 heavy (non-hydrogen) atoms. The number of nitrogens with two attached hydrogens (primary N) is 3. The average Bonchev–Trinajstić information content (AvgIpc) is 1.78. The molecule has 2 aliphatic rings. The molecule has 2 fully saturated rings. The van der Waals surface area contributed by atoms with E-state index in [-0.39, 0.29) is 150 Å². The summed E-state index contributed by atoms with van der Waals surface area (Å²) in [7, 11) is -8.46. The fourth-order valence-corrected chi connectivity index (χ4v) is 11.3. The molecule has 4 amide bonds. The normalized spacial score (nSPS) is 19.7. The number of ketones is 2. The molecule has 4 rings (SSSR count). The van der Waals surface area contributed by atoms with Gasteiger partial charge in [-0.1, -0.05) is 25.7 Å². The van der Waals surface area contributed by atoms with Crippen LogP contribution in [0.4, 0.5) is 5.82 Å². The molecule has 3 unspecified atom stereocenters. The fourth-order valence-electron chi connectivity index (χ4n) is 9.82. The van der Waals surface area contributed by atoms with Gasteiger partial charge < -0.3 is 77.0 Å². The van der Waals surface area contributed by atoms with Gasteiger partial charge in [0.05, 0.1) is 71.3 Å². The molecule has 0 radical (unpaired) electrons. The van der Waals surface area contributed by atoms with Crippen molar-refractivity contribution in [3.8, 4) is 0 Å². The van der Waals surface area contributed by atoms with Crippen LogP contribution in [-0.4, -0.2) is 209 Å². The quantitative estimate of drug-likeness (QED) is 0.0335. The molecule has 4 heterocycles. The van der Waals surface area contributed by atoms with Crippen molar-refractivity contribution < 1.29 is 94.9 Å². The Morgan fingerprint density at radius 1 is 0.682 bits per heavy atom. The third-order valence-corrected chi connectivity index (χ3v) is 16.6. The molecule has 0 bridgehead atoms. The summed E-state index contributed by atoms with van der Waals surface area (Å²) in [5, 5.41) is 28.2. The van der Waals surface area contributed by atoms with E-state index in [4.69, 9.17) is 54.8 Å². The number of likely N-dealkylation sites (tertiary alicyclic amines) is 1. The summed E-state index contributed by atoms with van der Waals surface area (Å²) in [4.78, 5) is 112. The third-order valence-electron chi connectivity index (χ3n) is 14.7. The second-order valence-electron chi connectivity index (χ2n) is 22.1. The van der Waals surface area contributed by atoms with Crippen molar-refractivity contribution in [1.82, 2.24) is 40.4 Å². The van der Waals surface area contributed by atoms with E-state index in [0.717, 1.165) is 26.4 Å². The SMILES string of the molecule is COP(=O)(O)OC[C@H]1O[C@@H](n2cnc3c(N)ncnc32)C[C@@H]1OP(=O)(O)OC[C@@H]1C[C@@H](O)CN1C(=O)CCCCCCCCC(=O)NC(COCCC(=O)CCCCN)(COCCC(=O)NCCCN)COCCC(=O)NCCCCC(=O)CCCCO. The summed E-state index contributed by atoms with van der Waals surface area (Å²) in [6, 6.07) is -0.761. The van der Waals surface area contributed by atoms with Gasteiger partial charge in [0.1, 0.15) is 47.4 Å². The number of anilines is 1. The highest BCUT2D eigenvalue weighted by atomic mass is 31.2. The number of carbonyl (C=O) groups is 6. The Morgan fingerprint density at radius 3 is 1.89 bits per heavy atom. The number of aromatic nitrogens is 4. The van der Waals surface area contributed by atoms with Gasteiger partial charge in [0.25, 0.3) is 0 Å². The van der Waals surface area contributed by atoms with Crippen LogP contribution in [0.5, 0.6) is 0 Å². The molecule has 33 heteroatoms. The van der Waals surface area contributed by atoms with E-state index in [1.807, 2.05) is 0 Å². The molecule has 0 aliphatic carbocycles. The minimum absolute atomic E-state index is 0.00687. The van der Waals surface area contributed by atoms with Gasteiger partial charge in [-0.3, -0.25) is 51.4 Å². The number of carbonyl (C=O) groups excluding carboxylic acids is 6. The lowest BCUT2D eigenvalue weighted by Crippen LogP contribution is -2.58. The van der Waals surface area contributed by atoms with Crippen molar-refractivity contribution in [3.05, 3.63) is 12.7 Å². The number of ether oxygens (including phenoxy) is 4. The van der Waals surface area contributed by atoms with Crippen molar-refractivity contribution in [1.29, 1.82) is 0 Å². The zero-order valence-electron chi connectivity index (χ0n) is 50.9. The summed E-state index contributed by atoms with van der Waals surface area (Å²) in [5.41, 5.74) is 16.4. The van der Waals surface area contributed by atoms with Crippen LogP contribution in [0.3, 0.4) is 0 Å². The number of fused-ring (bicyclic) bond motifs is 1. The molecule has 0 aromatic carbocycles. The minimum atomic E-state index is -4.92. The van der Waals surface area contributed by atoms with Crippen molar-refractivity contribution >= 4 is 67.8 Å². The summed E-state index contributed by atoms with van der Waals surface area (Å²) < 4.78 is 71.7. The van der Waals surface area contributed by atoms with Gasteiger partial charge in [-0.15, -0.1) is 0 Å². The average molecular weight is 1290 g/mol. The number of rotatable bonds is 51.